The monoisotopic (exact) mass is 437 g/mol. The molecule has 6 nitrogen and oxygen atoms in total. The molecule has 0 bridgehead atoms. The van der Waals surface area contributed by atoms with E-state index >= 15 is 0 Å². The second-order valence-corrected chi connectivity index (χ2v) is 8.60. The number of hydrogen-bond donors (Lipinski definition) is 3. The molecule has 2 heterocycles. The van der Waals surface area contributed by atoms with Crippen LogP contribution in [0.2, 0.25) is 0 Å². The fourth-order valence-electron chi connectivity index (χ4n) is 3.69. The Morgan fingerprint density at radius 1 is 1.17 bits per heavy atom. The molecule has 4 rings (SSSR count). The van der Waals surface area contributed by atoms with Crippen molar-refractivity contribution in [2.75, 3.05) is 17.2 Å². The Morgan fingerprint density at radius 3 is 2.60 bits per heavy atom. The van der Waals surface area contributed by atoms with Gasteiger partial charge in [0.25, 0.3) is 0 Å². The molecule has 0 unspecified atom stereocenters. The summed E-state index contributed by atoms with van der Waals surface area (Å²) in [5.74, 6) is 0.329. The molecule has 2 aromatic heterocycles. The van der Waals surface area contributed by atoms with Crippen molar-refractivity contribution in [3.05, 3.63) is 30.0 Å². The van der Waals surface area contributed by atoms with E-state index in [-0.39, 0.29) is 17.9 Å². The molecule has 0 amide bonds. The molecule has 0 aliphatic heterocycles. The van der Waals surface area contributed by atoms with Gasteiger partial charge in [0.15, 0.2) is 0 Å². The number of nitrogens with zero attached hydrogens (tertiary/aromatic N) is 3. The number of hydrogen-bond acceptors (Lipinski definition) is 7. The molecule has 3 aromatic rings. The van der Waals surface area contributed by atoms with Crippen molar-refractivity contribution in [3.8, 4) is 10.6 Å². The summed E-state index contributed by atoms with van der Waals surface area (Å²) in [6, 6.07) is 7.67. The molecule has 1 saturated carbocycles. The highest BCUT2D eigenvalue weighted by Crippen LogP contribution is 2.38. The van der Waals surface area contributed by atoms with E-state index in [0.29, 0.717) is 28.5 Å². The van der Waals surface area contributed by atoms with Gasteiger partial charge in [-0.25, -0.2) is 9.97 Å². The van der Waals surface area contributed by atoms with Gasteiger partial charge in [-0.1, -0.05) is 19.1 Å². The largest absolute Gasteiger partial charge is 0.405 e. The molecule has 160 valence electrons. The second-order valence-electron chi connectivity index (χ2n) is 7.57. The smallest absolute Gasteiger partial charge is 0.393 e. The Balaban J connectivity index is 1.75. The molecule has 10 heteroatoms. The van der Waals surface area contributed by atoms with Gasteiger partial charge in [0, 0.05) is 12.0 Å². The highest BCUT2D eigenvalue weighted by Gasteiger charge is 2.33. The van der Waals surface area contributed by atoms with Crippen molar-refractivity contribution < 1.29 is 18.3 Å². The fourth-order valence-corrected chi connectivity index (χ4v) is 4.76. The summed E-state index contributed by atoms with van der Waals surface area (Å²) >= 11 is 1.48. The van der Waals surface area contributed by atoms with E-state index in [4.69, 9.17) is 0 Å². The van der Waals surface area contributed by atoms with Gasteiger partial charge in [-0.15, -0.1) is 11.3 Å². The number of anilines is 2. The SMILES string of the molecule is Cc1nc(NCC(F)(F)F)nc(N[C@@H]2CC[C@@H](O)[C@@H]2C)c1-c1nc2ccccc2s1. The van der Waals surface area contributed by atoms with Crippen LogP contribution in [0.1, 0.15) is 25.5 Å². The van der Waals surface area contributed by atoms with Crippen molar-refractivity contribution in [3.63, 3.8) is 0 Å². The first-order chi connectivity index (χ1) is 14.2. The Bertz CT molecular complexity index is 1020. The maximum atomic E-state index is 12.7. The molecule has 1 aliphatic rings. The van der Waals surface area contributed by atoms with Crippen LogP contribution in [0, 0.1) is 12.8 Å². The first-order valence-corrected chi connectivity index (χ1v) is 10.5. The first-order valence-electron chi connectivity index (χ1n) is 9.71. The van der Waals surface area contributed by atoms with Gasteiger partial charge >= 0.3 is 6.18 Å². The minimum absolute atomic E-state index is 0.00456. The molecule has 1 aromatic carbocycles. The number of aromatic nitrogens is 3. The summed E-state index contributed by atoms with van der Waals surface area (Å²) in [5.41, 5.74) is 2.04. The summed E-state index contributed by atoms with van der Waals surface area (Å²) in [5, 5.41) is 16.4. The van der Waals surface area contributed by atoms with Crippen LogP contribution in [0.25, 0.3) is 20.8 Å². The molecule has 1 aliphatic carbocycles. The van der Waals surface area contributed by atoms with Gasteiger partial charge in [-0.05, 0) is 31.9 Å². The van der Waals surface area contributed by atoms with Crippen molar-refractivity contribution in [1.82, 2.24) is 15.0 Å². The van der Waals surface area contributed by atoms with Crippen molar-refractivity contribution in [1.29, 1.82) is 0 Å². The molecule has 30 heavy (non-hydrogen) atoms. The maximum Gasteiger partial charge on any atom is 0.405 e. The standard InChI is InChI=1S/C20H22F3N5OS/c1-10-12(7-8-14(10)29)26-17-16(18-27-13-5-3-4-6-15(13)30-18)11(2)25-19(28-17)24-9-20(21,22)23/h3-6,10,12,14,29H,7-9H2,1-2H3,(H2,24,25,26,28)/t10-,12-,14-/m1/s1. The number of alkyl halides is 3. The number of aliphatic hydroxyl groups is 1. The lowest BCUT2D eigenvalue weighted by Gasteiger charge is -2.22. The molecular weight excluding hydrogens is 415 g/mol. The Labute approximate surface area is 175 Å². The fraction of sp³-hybridized carbons (Fsp3) is 0.450. The van der Waals surface area contributed by atoms with Gasteiger partial charge in [-0.2, -0.15) is 18.2 Å². The highest BCUT2D eigenvalue weighted by molar-refractivity contribution is 7.21. The Kier molecular flexibility index (Phi) is 5.54. The Hall–Kier alpha value is -2.46. The number of nitrogens with one attached hydrogen (secondary N) is 2. The summed E-state index contributed by atoms with van der Waals surface area (Å²) in [6.45, 7) is 2.47. The zero-order chi connectivity index (χ0) is 21.5. The van der Waals surface area contributed by atoms with Gasteiger partial charge in [0.05, 0.1) is 27.6 Å². The van der Waals surface area contributed by atoms with E-state index in [0.717, 1.165) is 16.6 Å². The predicted octanol–water partition coefficient (Wildman–Crippen LogP) is 4.61. The highest BCUT2D eigenvalue weighted by atomic mass is 32.1. The molecule has 0 radical (unpaired) electrons. The van der Waals surface area contributed by atoms with Gasteiger partial charge < -0.3 is 15.7 Å². The van der Waals surface area contributed by atoms with Crippen LogP contribution in [0.5, 0.6) is 0 Å². The second kappa shape index (κ2) is 7.99. The maximum absolute atomic E-state index is 12.7. The molecular formula is C20H22F3N5OS. The molecule has 0 spiro atoms. The molecule has 0 saturated heterocycles. The minimum Gasteiger partial charge on any atom is -0.393 e. The third-order valence-corrected chi connectivity index (χ3v) is 6.44. The summed E-state index contributed by atoms with van der Waals surface area (Å²) < 4.78 is 39.0. The van der Waals surface area contributed by atoms with Gasteiger partial charge in [0.2, 0.25) is 5.95 Å². The Morgan fingerprint density at radius 2 is 1.93 bits per heavy atom. The minimum atomic E-state index is -4.37. The number of thiazole rings is 1. The first kappa shape index (κ1) is 20.8. The van der Waals surface area contributed by atoms with E-state index in [1.807, 2.05) is 31.2 Å². The number of benzene rings is 1. The zero-order valence-electron chi connectivity index (χ0n) is 16.5. The van der Waals surface area contributed by atoms with Crippen LogP contribution < -0.4 is 10.6 Å². The number of fused-ring (bicyclic) bond motifs is 1. The lowest BCUT2D eigenvalue weighted by atomic mass is 10.0. The molecule has 1 fully saturated rings. The number of aliphatic hydroxyl groups excluding tert-OH is 1. The molecule has 3 atom stereocenters. The summed E-state index contributed by atoms with van der Waals surface area (Å²) in [7, 11) is 0. The van der Waals surface area contributed by atoms with Crippen LogP contribution >= 0.6 is 11.3 Å². The normalized spacial score (nSPS) is 21.9. The van der Waals surface area contributed by atoms with Crippen LogP contribution in [-0.4, -0.2) is 44.9 Å². The average molecular weight is 437 g/mol. The quantitative estimate of drug-likeness (QED) is 0.541. The lowest BCUT2D eigenvalue weighted by Crippen LogP contribution is -2.28. The van der Waals surface area contributed by atoms with E-state index in [1.54, 1.807) is 6.92 Å². The third kappa shape index (κ3) is 4.34. The zero-order valence-corrected chi connectivity index (χ0v) is 17.3. The van der Waals surface area contributed by atoms with E-state index < -0.39 is 18.8 Å². The van der Waals surface area contributed by atoms with E-state index in [9.17, 15) is 18.3 Å². The number of halogens is 3. The third-order valence-electron chi connectivity index (χ3n) is 5.38. The summed E-state index contributed by atoms with van der Waals surface area (Å²) in [4.78, 5) is 13.3. The van der Waals surface area contributed by atoms with Crippen molar-refractivity contribution in [2.45, 2.75) is 45.0 Å². The van der Waals surface area contributed by atoms with Gasteiger partial charge in [-0.3, -0.25) is 0 Å². The average Bonchev–Trinajstić information content (AvgIpc) is 3.24. The number of rotatable bonds is 5. The van der Waals surface area contributed by atoms with Crippen LogP contribution in [0.15, 0.2) is 24.3 Å². The van der Waals surface area contributed by atoms with Gasteiger partial charge in [0.1, 0.15) is 17.4 Å². The summed E-state index contributed by atoms with van der Waals surface area (Å²) in [6.07, 6.45) is -3.38. The van der Waals surface area contributed by atoms with Crippen LogP contribution in [-0.2, 0) is 0 Å². The number of aryl methyl sites for hydroxylation is 1. The van der Waals surface area contributed by atoms with Crippen LogP contribution in [0.4, 0.5) is 24.9 Å². The lowest BCUT2D eigenvalue weighted by molar-refractivity contribution is -0.115. The molecule has 3 N–H and O–H groups in total. The number of para-hydroxylation sites is 1. The van der Waals surface area contributed by atoms with Crippen LogP contribution in [0.3, 0.4) is 0 Å². The predicted molar refractivity (Wildman–Crippen MR) is 112 cm³/mol. The topological polar surface area (TPSA) is 83.0 Å². The van der Waals surface area contributed by atoms with Crippen molar-refractivity contribution >= 4 is 33.3 Å². The van der Waals surface area contributed by atoms with Crippen molar-refractivity contribution in [2.24, 2.45) is 5.92 Å². The van der Waals surface area contributed by atoms with E-state index in [2.05, 4.69) is 25.6 Å². The van der Waals surface area contributed by atoms with E-state index in [1.165, 1.54) is 11.3 Å².